The molecule has 0 unspecified atom stereocenters. The topological polar surface area (TPSA) is 53.9 Å². The molecule has 0 saturated carbocycles. The van der Waals surface area contributed by atoms with Gasteiger partial charge >= 0.3 is 0 Å². The van der Waals surface area contributed by atoms with E-state index in [0.29, 0.717) is 6.54 Å². The number of hydrogen-bond acceptors (Lipinski definition) is 2. The summed E-state index contributed by atoms with van der Waals surface area (Å²) in [6.07, 6.45) is 4.06. The number of nitrogens with one attached hydrogen (secondary N) is 1. The molecule has 1 aliphatic rings. The van der Waals surface area contributed by atoms with Crippen LogP contribution in [0.15, 0.2) is 54.7 Å². The first-order chi connectivity index (χ1) is 13.2. The molecule has 1 saturated heterocycles. The zero-order valence-electron chi connectivity index (χ0n) is 15.4. The number of para-hydroxylation sites is 2. The van der Waals surface area contributed by atoms with Crippen molar-refractivity contribution in [3.8, 4) is 0 Å². The summed E-state index contributed by atoms with van der Waals surface area (Å²) in [5.41, 5.74) is 3.93. The number of aromatic amines is 1. The van der Waals surface area contributed by atoms with E-state index in [4.69, 9.17) is 4.98 Å². The Labute approximate surface area is 157 Å². The number of H-pyrrole nitrogens is 1. The molecule has 3 heterocycles. The Morgan fingerprint density at radius 1 is 1.15 bits per heavy atom. The monoisotopic (exact) mass is 358 g/mol. The molecule has 0 radical (unpaired) electrons. The number of carbonyl (C=O) groups excluding carboxylic acids is 1. The van der Waals surface area contributed by atoms with Crippen LogP contribution in [0.25, 0.3) is 21.9 Å². The van der Waals surface area contributed by atoms with E-state index < -0.39 is 0 Å². The van der Waals surface area contributed by atoms with Gasteiger partial charge in [-0.3, -0.25) is 4.79 Å². The zero-order valence-corrected chi connectivity index (χ0v) is 15.4. The number of benzene rings is 2. The number of nitrogens with zero attached hydrogens (tertiary/aromatic N) is 3. The third-order valence-electron chi connectivity index (χ3n) is 5.66. The molecular weight excluding hydrogens is 336 g/mol. The van der Waals surface area contributed by atoms with Crippen LogP contribution in [0.1, 0.15) is 34.9 Å². The lowest BCUT2D eigenvalue weighted by Crippen LogP contribution is -2.39. The summed E-state index contributed by atoms with van der Waals surface area (Å²) in [5.74, 6) is 1.37. The molecule has 0 bridgehead atoms. The molecule has 2 aromatic carbocycles. The van der Waals surface area contributed by atoms with Gasteiger partial charge in [-0.05, 0) is 43.2 Å². The Hall–Kier alpha value is -3.08. The SMILES string of the molecule is Cn1ccc2c(C(=O)N3CCC[C@@H](c4nc5ccccc5[nH]4)C3)cccc21. The standard InChI is InChI=1S/C22H22N4O/c1-25-13-11-16-17(7-4-10-20(16)25)22(27)26-12-5-6-15(14-26)21-23-18-8-2-3-9-19(18)24-21/h2-4,7-11,13,15H,5-6,12,14H2,1H3,(H,23,24)/t15-/m1/s1. The van der Waals surface area contributed by atoms with Crippen molar-refractivity contribution in [1.82, 2.24) is 19.4 Å². The van der Waals surface area contributed by atoms with Crippen LogP contribution in [-0.4, -0.2) is 38.4 Å². The molecule has 1 aliphatic heterocycles. The van der Waals surface area contributed by atoms with Gasteiger partial charge in [-0.15, -0.1) is 0 Å². The van der Waals surface area contributed by atoms with E-state index in [2.05, 4.69) is 15.6 Å². The molecule has 5 nitrogen and oxygen atoms in total. The molecule has 1 amide bonds. The average molecular weight is 358 g/mol. The Kier molecular flexibility index (Phi) is 3.74. The van der Waals surface area contributed by atoms with E-state index in [1.54, 1.807) is 0 Å². The molecule has 1 N–H and O–H groups in total. The van der Waals surface area contributed by atoms with Crippen molar-refractivity contribution in [1.29, 1.82) is 0 Å². The van der Waals surface area contributed by atoms with Crippen LogP contribution < -0.4 is 0 Å². The lowest BCUT2D eigenvalue weighted by molar-refractivity contribution is 0.0707. The second-order valence-electron chi connectivity index (χ2n) is 7.39. The van der Waals surface area contributed by atoms with Gasteiger partial charge in [-0.2, -0.15) is 0 Å². The van der Waals surface area contributed by atoms with Crippen LogP contribution >= 0.6 is 0 Å². The molecule has 5 rings (SSSR count). The number of likely N-dealkylation sites (tertiary alicyclic amines) is 1. The van der Waals surface area contributed by atoms with Crippen molar-refractivity contribution in [2.24, 2.45) is 7.05 Å². The van der Waals surface area contributed by atoms with Crippen LogP contribution in [0.2, 0.25) is 0 Å². The molecule has 0 aliphatic carbocycles. The first-order valence-electron chi connectivity index (χ1n) is 9.48. The lowest BCUT2D eigenvalue weighted by Gasteiger charge is -2.32. The van der Waals surface area contributed by atoms with E-state index in [0.717, 1.165) is 52.7 Å². The van der Waals surface area contributed by atoms with E-state index in [9.17, 15) is 4.79 Å². The smallest absolute Gasteiger partial charge is 0.254 e. The average Bonchev–Trinajstić information content (AvgIpc) is 3.31. The Balaban J connectivity index is 1.44. The third-order valence-corrected chi connectivity index (χ3v) is 5.66. The minimum atomic E-state index is 0.118. The minimum absolute atomic E-state index is 0.118. The Morgan fingerprint density at radius 3 is 2.93 bits per heavy atom. The highest BCUT2D eigenvalue weighted by molar-refractivity contribution is 6.06. The fraction of sp³-hybridized carbons (Fsp3) is 0.273. The van der Waals surface area contributed by atoms with Gasteiger partial charge in [0.1, 0.15) is 5.82 Å². The molecule has 1 atom stereocenters. The minimum Gasteiger partial charge on any atom is -0.351 e. The van der Waals surface area contributed by atoms with Crippen LogP contribution in [0.3, 0.4) is 0 Å². The van der Waals surface area contributed by atoms with Crippen LogP contribution in [0, 0.1) is 0 Å². The summed E-state index contributed by atoms with van der Waals surface area (Å²) in [6, 6.07) is 16.1. The fourth-order valence-corrected chi connectivity index (χ4v) is 4.21. The predicted molar refractivity (Wildman–Crippen MR) is 107 cm³/mol. The number of piperidine rings is 1. The van der Waals surface area contributed by atoms with Gasteiger partial charge in [-0.25, -0.2) is 4.98 Å². The summed E-state index contributed by atoms with van der Waals surface area (Å²) < 4.78 is 2.06. The normalized spacial score (nSPS) is 17.7. The first-order valence-corrected chi connectivity index (χ1v) is 9.48. The fourth-order valence-electron chi connectivity index (χ4n) is 4.21. The van der Waals surface area contributed by atoms with Gasteiger partial charge in [0.25, 0.3) is 5.91 Å². The first kappa shape index (κ1) is 16.1. The van der Waals surface area contributed by atoms with Gasteiger partial charge in [0.05, 0.1) is 11.0 Å². The molecule has 4 aromatic rings. The maximum atomic E-state index is 13.3. The lowest BCUT2D eigenvalue weighted by atomic mass is 9.96. The maximum Gasteiger partial charge on any atom is 0.254 e. The molecular formula is C22H22N4O. The van der Waals surface area contributed by atoms with Crippen LogP contribution in [0.4, 0.5) is 0 Å². The molecule has 2 aromatic heterocycles. The predicted octanol–water partition coefficient (Wildman–Crippen LogP) is 4.07. The van der Waals surface area contributed by atoms with Crippen molar-refractivity contribution >= 4 is 27.8 Å². The van der Waals surface area contributed by atoms with Gasteiger partial charge in [0, 0.05) is 48.7 Å². The number of aromatic nitrogens is 3. The van der Waals surface area contributed by atoms with E-state index in [-0.39, 0.29) is 11.8 Å². The van der Waals surface area contributed by atoms with E-state index in [1.807, 2.05) is 60.6 Å². The van der Waals surface area contributed by atoms with Gasteiger partial charge in [-0.1, -0.05) is 18.2 Å². The number of amides is 1. The molecule has 27 heavy (non-hydrogen) atoms. The Morgan fingerprint density at radius 2 is 2.04 bits per heavy atom. The van der Waals surface area contributed by atoms with E-state index >= 15 is 0 Å². The summed E-state index contributed by atoms with van der Waals surface area (Å²) in [4.78, 5) is 23.5. The highest BCUT2D eigenvalue weighted by atomic mass is 16.2. The summed E-state index contributed by atoms with van der Waals surface area (Å²) in [6.45, 7) is 1.51. The van der Waals surface area contributed by atoms with Gasteiger partial charge < -0.3 is 14.5 Å². The summed E-state index contributed by atoms with van der Waals surface area (Å²) in [7, 11) is 2.01. The zero-order chi connectivity index (χ0) is 18.4. The third kappa shape index (κ3) is 2.70. The number of carbonyl (C=O) groups is 1. The molecule has 0 spiro atoms. The van der Waals surface area contributed by atoms with Gasteiger partial charge in [0.15, 0.2) is 0 Å². The van der Waals surface area contributed by atoms with E-state index in [1.165, 1.54) is 0 Å². The molecule has 136 valence electrons. The maximum absolute atomic E-state index is 13.3. The highest BCUT2D eigenvalue weighted by Gasteiger charge is 2.28. The Bertz CT molecular complexity index is 1110. The molecule has 1 fully saturated rings. The molecule has 5 heteroatoms. The number of aryl methyl sites for hydroxylation is 1. The quantitative estimate of drug-likeness (QED) is 0.587. The second-order valence-corrected chi connectivity index (χ2v) is 7.39. The van der Waals surface area contributed by atoms with Crippen molar-refractivity contribution in [2.75, 3.05) is 13.1 Å². The van der Waals surface area contributed by atoms with Crippen LogP contribution in [-0.2, 0) is 7.05 Å². The number of rotatable bonds is 2. The number of fused-ring (bicyclic) bond motifs is 2. The highest BCUT2D eigenvalue weighted by Crippen LogP contribution is 2.29. The second kappa shape index (κ2) is 6.27. The number of hydrogen-bond donors (Lipinski definition) is 1. The number of imidazole rings is 1. The summed E-state index contributed by atoms with van der Waals surface area (Å²) >= 11 is 0. The van der Waals surface area contributed by atoms with Crippen molar-refractivity contribution in [2.45, 2.75) is 18.8 Å². The van der Waals surface area contributed by atoms with Crippen molar-refractivity contribution in [3.63, 3.8) is 0 Å². The summed E-state index contributed by atoms with van der Waals surface area (Å²) in [5, 5.41) is 1.02. The van der Waals surface area contributed by atoms with Gasteiger partial charge in [0.2, 0.25) is 0 Å². The van der Waals surface area contributed by atoms with Crippen molar-refractivity contribution < 1.29 is 4.79 Å². The van der Waals surface area contributed by atoms with Crippen molar-refractivity contribution in [3.05, 3.63) is 66.1 Å². The largest absolute Gasteiger partial charge is 0.351 e. The van der Waals surface area contributed by atoms with Crippen LogP contribution in [0.5, 0.6) is 0 Å².